The van der Waals surface area contributed by atoms with E-state index in [1.165, 1.54) is 0 Å². The Kier molecular flexibility index (Phi) is 4.51. The van der Waals surface area contributed by atoms with E-state index in [-0.39, 0.29) is 6.17 Å². The minimum Gasteiger partial charge on any atom is -0.360 e. The fourth-order valence-electron chi connectivity index (χ4n) is 3.60. The summed E-state index contributed by atoms with van der Waals surface area (Å²) in [4.78, 5) is 9.16. The van der Waals surface area contributed by atoms with Crippen LogP contribution in [0.3, 0.4) is 0 Å². The largest absolute Gasteiger partial charge is 0.360 e. The van der Waals surface area contributed by atoms with Crippen molar-refractivity contribution in [2.24, 2.45) is 0 Å². The topological polar surface area (TPSA) is 49.8 Å². The third-order valence-electron chi connectivity index (χ3n) is 5.00. The van der Waals surface area contributed by atoms with E-state index in [1.807, 2.05) is 54.9 Å². The third kappa shape index (κ3) is 3.48. The number of hydrogen-bond donors (Lipinski definition) is 2. The summed E-state index contributed by atoms with van der Waals surface area (Å²) in [5.41, 5.74) is 5.01. The number of nitrogens with zero attached hydrogens (tertiary/aromatic N) is 2. The molecule has 0 radical (unpaired) electrons. The summed E-state index contributed by atoms with van der Waals surface area (Å²) in [6, 6.07) is 30.8. The van der Waals surface area contributed by atoms with Gasteiger partial charge in [0.1, 0.15) is 6.17 Å². The second-order valence-electron chi connectivity index (χ2n) is 6.89. The summed E-state index contributed by atoms with van der Waals surface area (Å²) in [6.07, 6.45) is 3.51. The van der Waals surface area contributed by atoms with Crippen molar-refractivity contribution >= 4 is 33.2 Å². The average molecular weight is 376 g/mol. The van der Waals surface area contributed by atoms with Gasteiger partial charge in [0.25, 0.3) is 0 Å². The van der Waals surface area contributed by atoms with Crippen molar-refractivity contribution in [3.05, 3.63) is 109 Å². The van der Waals surface area contributed by atoms with Gasteiger partial charge in [-0.3, -0.25) is 9.97 Å². The van der Waals surface area contributed by atoms with Gasteiger partial charge in [-0.1, -0.05) is 66.7 Å². The van der Waals surface area contributed by atoms with Crippen molar-refractivity contribution in [3.63, 3.8) is 0 Å². The molecule has 5 aromatic rings. The highest BCUT2D eigenvalue weighted by Gasteiger charge is 2.14. The fourth-order valence-corrected chi connectivity index (χ4v) is 3.60. The Bertz CT molecular complexity index is 1180. The quantitative estimate of drug-likeness (QED) is 0.369. The van der Waals surface area contributed by atoms with Gasteiger partial charge in [-0.2, -0.15) is 0 Å². The van der Waals surface area contributed by atoms with E-state index in [1.54, 1.807) is 0 Å². The number of anilines is 2. The standard InChI is InChI=1S/C25H20N4/c1-2-8-20(9-3-1)25(28-21-14-4-10-18-12-6-16-26-23(18)21)29-22-15-5-11-19-13-7-17-27-24(19)22/h1-17,25,28-29H. The molecule has 0 saturated heterocycles. The van der Waals surface area contributed by atoms with Gasteiger partial charge >= 0.3 is 0 Å². The van der Waals surface area contributed by atoms with Crippen LogP contribution in [0.15, 0.2) is 103 Å². The molecule has 0 aliphatic rings. The zero-order valence-corrected chi connectivity index (χ0v) is 15.8. The van der Waals surface area contributed by atoms with E-state index in [9.17, 15) is 0 Å². The predicted molar refractivity (Wildman–Crippen MR) is 120 cm³/mol. The molecule has 0 spiro atoms. The summed E-state index contributed by atoms with van der Waals surface area (Å²) >= 11 is 0. The van der Waals surface area contributed by atoms with Crippen molar-refractivity contribution < 1.29 is 0 Å². The van der Waals surface area contributed by atoms with Crippen LogP contribution in [0.5, 0.6) is 0 Å². The molecule has 0 fully saturated rings. The molecule has 0 bridgehead atoms. The number of benzene rings is 3. The van der Waals surface area contributed by atoms with Crippen LogP contribution in [0, 0.1) is 0 Å². The van der Waals surface area contributed by atoms with Gasteiger partial charge in [0, 0.05) is 23.2 Å². The normalized spacial score (nSPS) is 11.1. The summed E-state index contributed by atoms with van der Waals surface area (Å²) in [7, 11) is 0. The predicted octanol–water partition coefficient (Wildman–Crippen LogP) is 6.01. The maximum Gasteiger partial charge on any atom is 0.123 e. The van der Waals surface area contributed by atoms with E-state index in [4.69, 9.17) is 0 Å². The molecule has 140 valence electrons. The van der Waals surface area contributed by atoms with Gasteiger partial charge in [0.15, 0.2) is 0 Å². The van der Waals surface area contributed by atoms with E-state index in [0.29, 0.717) is 0 Å². The van der Waals surface area contributed by atoms with E-state index in [0.717, 1.165) is 38.7 Å². The van der Waals surface area contributed by atoms with Crippen molar-refractivity contribution in [3.8, 4) is 0 Å². The lowest BCUT2D eigenvalue weighted by molar-refractivity contribution is 0.905. The SMILES string of the molecule is c1ccc(C(Nc2cccc3cccnc23)Nc2cccc3cccnc23)cc1. The fraction of sp³-hybridized carbons (Fsp3) is 0.0400. The maximum absolute atomic E-state index is 4.58. The first kappa shape index (κ1) is 17.2. The van der Waals surface area contributed by atoms with Crippen LogP contribution in [0.25, 0.3) is 21.8 Å². The maximum atomic E-state index is 4.58. The highest BCUT2D eigenvalue weighted by Crippen LogP contribution is 2.29. The molecule has 0 amide bonds. The second kappa shape index (κ2) is 7.60. The first-order chi connectivity index (χ1) is 14.4. The Morgan fingerprint density at radius 3 is 1.59 bits per heavy atom. The highest BCUT2D eigenvalue weighted by atomic mass is 15.1. The number of fused-ring (bicyclic) bond motifs is 2. The first-order valence-corrected chi connectivity index (χ1v) is 9.64. The van der Waals surface area contributed by atoms with E-state index in [2.05, 4.69) is 69.1 Å². The Labute approximate surface area is 169 Å². The molecule has 0 saturated carbocycles. The van der Waals surface area contributed by atoms with Gasteiger partial charge in [0.05, 0.1) is 22.4 Å². The lowest BCUT2D eigenvalue weighted by atomic mass is 10.1. The van der Waals surface area contributed by atoms with Crippen molar-refractivity contribution in [2.75, 3.05) is 10.6 Å². The number of para-hydroxylation sites is 2. The number of aromatic nitrogens is 2. The molecule has 0 unspecified atom stereocenters. The zero-order chi connectivity index (χ0) is 19.5. The molecule has 0 atom stereocenters. The summed E-state index contributed by atoms with van der Waals surface area (Å²) in [5, 5.41) is 9.52. The second-order valence-corrected chi connectivity index (χ2v) is 6.89. The van der Waals surface area contributed by atoms with Gasteiger partial charge in [-0.05, 0) is 29.8 Å². The highest BCUT2D eigenvalue weighted by molar-refractivity contribution is 5.92. The molecule has 0 aliphatic carbocycles. The molecule has 3 aromatic carbocycles. The van der Waals surface area contributed by atoms with Gasteiger partial charge in [0.2, 0.25) is 0 Å². The molecular weight excluding hydrogens is 356 g/mol. The van der Waals surface area contributed by atoms with Gasteiger partial charge < -0.3 is 10.6 Å². The molecule has 0 aliphatic heterocycles. The first-order valence-electron chi connectivity index (χ1n) is 9.64. The smallest absolute Gasteiger partial charge is 0.123 e. The van der Waals surface area contributed by atoms with Crippen LogP contribution < -0.4 is 10.6 Å². The number of rotatable bonds is 5. The van der Waals surface area contributed by atoms with Gasteiger partial charge in [-0.25, -0.2) is 0 Å². The zero-order valence-electron chi connectivity index (χ0n) is 15.8. The van der Waals surface area contributed by atoms with Crippen LogP contribution in [-0.4, -0.2) is 9.97 Å². The lowest BCUT2D eigenvalue weighted by Gasteiger charge is -2.24. The van der Waals surface area contributed by atoms with Gasteiger partial charge in [-0.15, -0.1) is 0 Å². The van der Waals surface area contributed by atoms with Crippen LogP contribution in [0.2, 0.25) is 0 Å². The van der Waals surface area contributed by atoms with Crippen LogP contribution in [0.4, 0.5) is 11.4 Å². The Balaban J connectivity index is 1.57. The van der Waals surface area contributed by atoms with E-state index >= 15 is 0 Å². The summed E-state index contributed by atoms with van der Waals surface area (Å²) in [6.45, 7) is 0. The molecule has 29 heavy (non-hydrogen) atoms. The molecule has 5 rings (SSSR count). The minimum atomic E-state index is -0.142. The Morgan fingerprint density at radius 1 is 0.517 bits per heavy atom. The van der Waals surface area contributed by atoms with E-state index < -0.39 is 0 Å². The number of pyridine rings is 2. The average Bonchev–Trinajstić information content (AvgIpc) is 2.80. The van der Waals surface area contributed by atoms with Crippen LogP contribution in [0.1, 0.15) is 11.7 Å². The molecule has 4 nitrogen and oxygen atoms in total. The van der Waals surface area contributed by atoms with Crippen molar-refractivity contribution in [1.29, 1.82) is 0 Å². The molecule has 2 heterocycles. The van der Waals surface area contributed by atoms with Crippen molar-refractivity contribution in [1.82, 2.24) is 9.97 Å². The summed E-state index contributed by atoms with van der Waals surface area (Å²) < 4.78 is 0. The molecular formula is C25H20N4. The minimum absolute atomic E-state index is 0.142. The number of nitrogens with one attached hydrogen (secondary N) is 2. The van der Waals surface area contributed by atoms with Crippen LogP contribution >= 0.6 is 0 Å². The molecule has 2 N–H and O–H groups in total. The lowest BCUT2D eigenvalue weighted by Crippen LogP contribution is -2.20. The monoisotopic (exact) mass is 376 g/mol. The Hall–Kier alpha value is -3.92. The van der Waals surface area contributed by atoms with Crippen molar-refractivity contribution in [2.45, 2.75) is 6.17 Å². The third-order valence-corrected chi connectivity index (χ3v) is 5.00. The van der Waals surface area contributed by atoms with Crippen LogP contribution in [-0.2, 0) is 0 Å². The molecule has 2 aromatic heterocycles. The molecule has 4 heteroatoms. The summed E-state index contributed by atoms with van der Waals surface area (Å²) in [5.74, 6) is 0. The number of hydrogen-bond acceptors (Lipinski definition) is 4. The Morgan fingerprint density at radius 2 is 1.03 bits per heavy atom.